The molecule has 1 heterocycles. The van der Waals surface area contributed by atoms with E-state index in [1.807, 2.05) is 6.92 Å². The van der Waals surface area contributed by atoms with Crippen LogP contribution in [-0.4, -0.2) is 22.2 Å². The van der Waals surface area contributed by atoms with E-state index in [0.29, 0.717) is 6.54 Å². The van der Waals surface area contributed by atoms with E-state index in [1.54, 1.807) is 11.3 Å². The zero-order valence-corrected chi connectivity index (χ0v) is 11.7. The van der Waals surface area contributed by atoms with E-state index in [9.17, 15) is 5.11 Å². The summed E-state index contributed by atoms with van der Waals surface area (Å²) in [6.07, 6.45) is 4.19. The third-order valence-electron chi connectivity index (χ3n) is 3.60. The molecule has 0 aliphatic heterocycles. The molecule has 1 aromatic heterocycles. The molecule has 1 unspecified atom stereocenters. The van der Waals surface area contributed by atoms with Gasteiger partial charge in [0.25, 0.3) is 0 Å². The molecule has 0 saturated heterocycles. The van der Waals surface area contributed by atoms with Crippen molar-refractivity contribution >= 4 is 11.3 Å². The minimum Gasteiger partial charge on any atom is -0.389 e. The molecule has 0 bridgehead atoms. The fourth-order valence-electron chi connectivity index (χ4n) is 2.59. The number of nitrogens with one attached hydrogen (secondary N) is 1. The van der Waals surface area contributed by atoms with E-state index < -0.39 is 5.60 Å². The Morgan fingerprint density at radius 3 is 2.59 bits per heavy atom. The molecule has 1 atom stereocenters. The van der Waals surface area contributed by atoms with Gasteiger partial charge in [-0.2, -0.15) is 0 Å². The summed E-state index contributed by atoms with van der Waals surface area (Å²) < 4.78 is 0. The molecule has 2 N–H and O–H groups in total. The Kier molecular flexibility index (Phi) is 3.85. The highest BCUT2D eigenvalue weighted by Crippen LogP contribution is 2.30. The van der Waals surface area contributed by atoms with Gasteiger partial charge in [-0.3, -0.25) is 0 Å². The number of rotatable bonds is 4. The summed E-state index contributed by atoms with van der Waals surface area (Å²) in [5.41, 5.74) is 0.646. The van der Waals surface area contributed by atoms with Gasteiger partial charge in [0, 0.05) is 17.5 Å². The lowest BCUT2D eigenvalue weighted by atomic mass is 10.0. The van der Waals surface area contributed by atoms with Gasteiger partial charge in [0.1, 0.15) is 0 Å². The SMILES string of the molecule is Cc1nc(C)c(C(C)NCC2(O)CCCC2)s1. The van der Waals surface area contributed by atoms with Crippen molar-refractivity contribution in [1.82, 2.24) is 10.3 Å². The van der Waals surface area contributed by atoms with Gasteiger partial charge >= 0.3 is 0 Å². The van der Waals surface area contributed by atoms with Crippen molar-refractivity contribution in [3.05, 3.63) is 15.6 Å². The van der Waals surface area contributed by atoms with E-state index in [0.717, 1.165) is 36.4 Å². The maximum Gasteiger partial charge on any atom is 0.0900 e. The van der Waals surface area contributed by atoms with Gasteiger partial charge in [-0.05, 0) is 33.6 Å². The van der Waals surface area contributed by atoms with Gasteiger partial charge in [0.05, 0.1) is 16.3 Å². The van der Waals surface area contributed by atoms with Crippen molar-refractivity contribution in [2.24, 2.45) is 0 Å². The Hall–Kier alpha value is -0.450. The molecular weight excluding hydrogens is 232 g/mol. The van der Waals surface area contributed by atoms with Crippen LogP contribution in [0.3, 0.4) is 0 Å². The van der Waals surface area contributed by atoms with Crippen LogP contribution < -0.4 is 5.32 Å². The predicted octanol–water partition coefficient (Wildman–Crippen LogP) is 2.72. The molecule has 2 rings (SSSR count). The second-order valence-electron chi connectivity index (χ2n) is 5.22. The first-order chi connectivity index (χ1) is 8.00. The molecule has 3 nitrogen and oxygen atoms in total. The quantitative estimate of drug-likeness (QED) is 0.868. The smallest absolute Gasteiger partial charge is 0.0900 e. The Morgan fingerprint density at radius 2 is 2.06 bits per heavy atom. The Balaban J connectivity index is 1.93. The second kappa shape index (κ2) is 5.04. The van der Waals surface area contributed by atoms with E-state index in [2.05, 4.69) is 24.1 Å². The lowest BCUT2D eigenvalue weighted by Crippen LogP contribution is -2.38. The molecule has 1 aromatic rings. The van der Waals surface area contributed by atoms with Crippen LogP contribution in [0.15, 0.2) is 0 Å². The van der Waals surface area contributed by atoms with Crippen LogP contribution in [0, 0.1) is 13.8 Å². The Morgan fingerprint density at radius 1 is 1.41 bits per heavy atom. The first kappa shape index (κ1) is 13.0. The lowest BCUT2D eigenvalue weighted by Gasteiger charge is -2.25. The van der Waals surface area contributed by atoms with Crippen molar-refractivity contribution in [1.29, 1.82) is 0 Å². The van der Waals surface area contributed by atoms with Crippen LogP contribution in [0.4, 0.5) is 0 Å². The van der Waals surface area contributed by atoms with Crippen molar-refractivity contribution in [2.45, 2.75) is 58.1 Å². The van der Waals surface area contributed by atoms with Crippen molar-refractivity contribution in [2.75, 3.05) is 6.54 Å². The predicted molar refractivity (Wildman–Crippen MR) is 71.4 cm³/mol. The van der Waals surface area contributed by atoms with Gasteiger partial charge in [0.15, 0.2) is 0 Å². The molecule has 1 saturated carbocycles. The van der Waals surface area contributed by atoms with Crippen LogP contribution in [0.25, 0.3) is 0 Å². The largest absolute Gasteiger partial charge is 0.389 e. The van der Waals surface area contributed by atoms with Gasteiger partial charge in [-0.15, -0.1) is 11.3 Å². The molecule has 1 aliphatic carbocycles. The summed E-state index contributed by atoms with van der Waals surface area (Å²) in [5, 5.41) is 14.9. The highest BCUT2D eigenvalue weighted by molar-refractivity contribution is 7.11. The summed E-state index contributed by atoms with van der Waals surface area (Å²) in [6, 6.07) is 0.283. The standard InChI is InChI=1S/C13H22N2OS/c1-9(12-10(2)15-11(3)17-12)14-8-13(16)6-4-5-7-13/h9,14,16H,4-8H2,1-3H3. The van der Waals surface area contributed by atoms with Crippen molar-refractivity contribution in [3.8, 4) is 0 Å². The van der Waals surface area contributed by atoms with Crippen LogP contribution in [-0.2, 0) is 0 Å². The van der Waals surface area contributed by atoms with Gasteiger partial charge in [0.2, 0.25) is 0 Å². The number of hydrogen-bond donors (Lipinski definition) is 2. The normalized spacial score (nSPS) is 20.7. The fraction of sp³-hybridized carbons (Fsp3) is 0.769. The Labute approximate surface area is 107 Å². The minimum absolute atomic E-state index is 0.283. The topological polar surface area (TPSA) is 45.2 Å². The average molecular weight is 254 g/mol. The zero-order chi connectivity index (χ0) is 12.5. The Bertz CT molecular complexity index is 383. The lowest BCUT2D eigenvalue weighted by molar-refractivity contribution is 0.0454. The van der Waals surface area contributed by atoms with E-state index in [1.165, 1.54) is 4.88 Å². The van der Waals surface area contributed by atoms with E-state index in [4.69, 9.17) is 0 Å². The number of aromatic nitrogens is 1. The summed E-state index contributed by atoms with van der Waals surface area (Å²) >= 11 is 1.75. The summed E-state index contributed by atoms with van der Waals surface area (Å²) in [6.45, 7) is 6.95. The molecule has 1 fully saturated rings. The molecular formula is C13H22N2OS. The minimum atomic E-state index is -0.470. The fourth-order valence-corrected chi connectivity index (χ4v) is 3.55. The zero-order valence-electron chi connectivity index (χ0n) is 10.9. The molecule has 17 heavy (non-hydrogen) atoms. The van der Waals surface area contributed by atoms with E-state index >= 15 is 0 Å². The molecule has 0 spiro atoms. The first-order valence-electron chi connectivity index (χ1n) is 6.40. The summed E-state index contributed by atoms with van der Waals surface area (Å²) in [4.78, 5) is 5.74. The molecule has 1 aliphatic rings. The monoisotopic (exact) mass is 254 g/mol. The molecule has 4 heteroatoms. The van der Waals surface area contributed by atoms with Gasteiger partial charge in [-0.25, -0.2) is 4.98 Å². The highest BCUT2D eigenvalue weighted by atomic mass is 32.1. The first-order valence-corrected chi connectivity index (χ1v) is 7.21. The van der Waals surface area contributed by atoms with Crippen LogP contribution in [0.2, 0.25) is 0 Å². The average Bonchev–Trinajstić information content (AvgIpc) is 2.83. The van der Waals surface area contributed by atoms with Crippen LogP contribution >= 0.6 is 11.3 Å². The number of nitrogens with zero attached hydrogens (tertiary/aromatic N) is 1. The molecule has 0 amide bonds. The van der Waals surface area contributed by atoms with Gasteiger partial charge in [-0.1, -0.05) is 12.8 Å². The van der Waals surface area contributed by atoms with Crippen LogP contribution in [0.1, 0.15) is 54.2 Å². The van der Waals surface area contributed by atoms with Crippen molar-refractivity contribution < 1.29 is 5.11 Å². The van der Waals surface area contributed by atoms with Crippen molar-refractivity contribution in [3.63, 3.8) is 0 Å². The number of aliphatic hydroxyl groups is 1. The maximum atomic E-state index is 10.3. The third kappa shape index (κ3) is 3.06. The highest BCUT2D eigenvalue weighted by Gasteiger charge is 2.31. The molecule has 96 valence electrons. The second-order valence-corrected chi connectivity index (χ2v) is 6.45. The van der Waals surface area contributed by atoms with Gasteiger partial charge < -0.3 is 10.4 Å². The number of aryl methyl sites for hydroxylation is 2. The van der Waals surface area contributed by atoms with E-state index in [-0.39, 0.29) is 6.04 Å². The summed E-state index contributed by atoms with van der Waals surface area (Å²) in [7, 11) is 0. The third-order valence-corrected chi connectivity index (χ3v) is 4.86. The van der Waals surface area contributed by atoms with Crippen LogP contribution in [0.5, 0.6) is 0 Å². The molecule has 0 aromatic carbocycles. The number of hydrogen-bond acceptors (Lipinski definition) is 4. The molecule has 0 radical (unpaired) electrons. The number of thiazole rings is 1. The maximum absolute atomic E-state index is 10.3. The summed E-state index contributed by atoms with van der Waals surface area (Å²) in [5.74, 6) is 0.